The number of pyridine rings is 1. The summed E-state index contributed by atoms with van der Waals surface area (Å²) in [7, 11) is -1.64. The Morgan fingerprint density at radius 2 is 2.04 bits per heavy atom. The van der Waals surface area contributed by atoms with Gasteiger partial charge >= 0.3 is 0 Å². The van der Waals surface area contributed by atoms with Crippen LogP contribution in [0, 0.1) is 6.92 Å². The fraction of sp³-hybridized carbons (Fsp3) is 0.389. The van der Waals surface area contributed by atoms with Gasteiger partial charge in [0.2, 0.25) is 0 Å². The molecule has 25 heavy (non-hydrogen) atoms. The summed E-state index contributed by atoms with van der Waals surface area (Å²) in [5, 5.41) is 3.43. The van der Waals surface area contributed by atoms with Crippen LogP contribution < -0.4 is 10.9 Å². The third kappa shape index (κ3) is 3.77. The van der Waals surface area contributed by atoms with Gasteiger partial charge in [0, 0.05) is 48.5 Å². The minimum atomic E-state index is -3.33. The molecular formula is C18H22N2O4S. The topological polar surface area (TPSA) is 77.4 Å². The van der Waals surface area contributed by atoms with Crippen LogP contribution in [-0.4, -0.2) is 38.5 Å². The monoisotopic (exact) mass is 362 g/mol. The number of nitrogens with zero attached hydrogens (tertiary/aromatic N) is 1. The molecule has 1 aromatic carbocycles. The predicted octanol–water partition coefficient (Wildman–Crippen LogP) is 1.97. The molecule has 1 atom stereocenters. The second-order valence-corrected chi connectivity index (χ2v) is 8.53. The maximum atomic E-state index is 12.0. The molecule has 0 saturated carbocycles. The van der Waals surface area contributed by atoms with Gasteiger partial charge in [0.15, 0.2) is 9.84 Å². The molecule has 1 aliphatic rings. The summed E-state index contributed by atoms with van der Waals surface area (Å²) >= 11 is 0. The van der Waals surface area contributed by atoms with Gasteiger partial charge in [-0.2, -0.15) is 0 Å². The summed E-state index contributed by atoms with van der Waals surface area (Å²) in [5.74, 6) is 0. The van der Waals surface area contributed by atoms with E-state index in [9.17, 15) is 13.2 Å². The second-order valence-electron chi connectivity index (χ2n) is 6.51. The molecule has 0 radical (unpaired) electrons. The number of hydrogen-bond donors (Lipinski definition) is 1. The Morgan fingerprint density at radius 3 is 2.64 bits per heavy atom. The largest absolute Gasteiger partial charge is 0.379 e. The number of hydrogen-bond acceptors (Lipinski definition) is 5. The number of ether oxygens (including phenoxy) is 1. The molecule has 1 N–H and O–H groups in total. The molecule has 0 bridgehead atoms. The smallest absolute Gasteiger partial charge is 0.253 e. The quantitative estimate of drug-likeness (QED) is 0.900. The molecule has 3 rings (SSSR count). The first kappa shape index (κ1) is 17.7. The number of anilines is 1. The van der Waals surface area contributed by atoms with Crippen LogP contribution >= 0.6 is 0 Å². The van der Waals surface area contributed by atoms with Crippen LogP contribution in [0.15, 0.2) is 40.2 Å². The fourth-order valence-corrected chi connectivity index (χ4v) is 3.66. The van der Waals surface area contributed by atoms with Gasteiger partial charge in [-0.3, -0.25) is 4.79 Å². The van der Waals surface area contributed by atoms with E-state index in [0.717, 1.165) is 23.2 Å². The molecule has 1 unspecified atom stereocenters. The molecule has 7 heteroatoms. The van der Waals surface area contributed by atoms with Crippen molar-refractivity contribution in [2.24, 2.45) is 7.05 Å². The van der Waals surface area contributed by atoms with E-state index >= 15 is 0 Å². The van der Waals surface area contributed by atoms with Gasteiger partial charge in [-0.15, -0.1) is 0 Å². The maximum absolute atomic E-state index is 12.0. The van der Waals surface area contributed by atoms with Gasteiger partial charge in [0.25, 0.3) is 5.56 Å². The normalized spacial score (nSPS) is 17.6. The highest BCUT2D eigenvalue weighted by Gasteiger charge is 2.19. The molecule has 0 amide bonds. The molecule has 1 aromatic heterocycles. The molecule has 1 fully saturated rings. The lowest BCUT2D eigenvalue weighted by Crippen LogP contribution is -2.20. The molecule has 6 nitrogen and oxygen atoms in total. The number of sulfone groups is 1. The van der Waals surface area contributed by atoms with Crippen molar-refractivity contribution < 1.29 is 13.2 Å². The zero-order valence-corrected chi connectivity index (χ0v) is 15.4. The van der Waals surface area contributed by atoms with Crippen molar-refractivity contribution in [3.8, 4) is 11.1 Å². The highest BCUT2D eigenvalue weighted by Crippen LogP contribution is 2.31. The lowest BCUT2D eigenvalue weighted by Gasteiger charge is -2.18. The Hall–Kier alpha value is -2.12. The predicted molar refractivity (Wildman–Crippen MR) is 97.8 cm³/mol. The third-order valence-corrected chi connectivity index (χ3v) is 5.49. The van der Waals surface area contributed by atoms with Gasteiger partial charge in [0.1, 0.15) is 0 Å². The first-order valence-electron chi connectivity index (χ1n) is 8.12. The summed E-state index contributed by atoms with van der Waals surface area (Å²) in [6.45, 7) is 3.09. The fourth-order valence-electron chi connectivity index (χ4n) is 3.01. The molecule has 1 aliphatic heterocycles. The van der Waals surface area contributed by atoms with E-state index in [0.29, 0.717) is 18.8 Å². The Labute approximate surface area is 147 Å². The number of aryl methyl sites for hydroxylation is 2. The van der Waals surface area contributed by atoms with E-state index in [-0.39, 0.29) is 16.5 Å². The molecular weight excluding hydrogens is 340 g/mol. The van der Waals surface area contributed by atoms with Crippen molar-refractivity contribution in [2.45, 2.75) is 24.3 Å². The van der Waals surface area contributed by atoms with E-state index in [4.69, 9.17) is 4.74 Å². The minimum absolute atomic E-state index is 0.0679. The summed E-state index contributed by atoms with van der Waals surface area (Å²) in [5.41, 5.74) is 2.93. The van der Waals surface area contributed by atoms with Crippen LogP contribution in [0.4, 0.5) is 5.69 Å². The first-order chi connectivity index (χ1) is 11.8. The van der Waals surface area contributed by atoms with Gasteiger partial charge in [0.05, 0.1) is 17.5 Å². The van der Waals surface area contributed by atoms with Gasteiger partial charge in [-0.1, -0.05) is 0 Å². The Kier molecular flexibility index (Phi) is 4.71. The van der Waals surface area contributed by atoms with Crippen molar-refractivity contribution in [2.75, 3.05) is 24.8 Å². The first-order valence-corrected chi connectivity index (χ1v) is 10.0. The lowest BCUT2D eigenvalue weighted by atomic mass is 10.0. The van der Waals surface area contributed by atoms with E-state index < -0.39 is 9.84 Å². The van der Waals surface area contributed by atoms with Crippen LogP contribution in [0.3, 0.4) is 0 Å². The second kappa shape index (κ2) is 6.65. The standard InChI is InChI=1S/C18H22N2O4S/c1-12-8-13(10-20(2)18(12)21)16-9-15(25(3,22)23)4-5-17(16)19-14-6-7-24-11-14/h4-5,8-10,14,19H,6-7,11H2,1-3H3. The molecule has 2 heterocycles. The van der Waals surface area contributed by atoms with Crippen LogP contribution in [-0.2, 0) is 21.6 Å². The third-order valence-electron chi connectivity index (χ3n) is 4.38. The zero-order valence-electron chi connectivity index (χ0n) is 14.6. The number of benzene rings is 1. The molecule has 1 saturated heterocycles. The average Bonchev–Trinajstić information content (AvgIpc) is 3.04. The summed E-state index contributed by atoms with van der Waals surface area (Å²) in [6, 6.07) is 7.03. The summed E-state index contributed by atoms with van der Waals surface area (Å²) in [4.78, 5) is 12.2. The molecule has 134 valence electrons. The van der Waals surface area contributed by atoms with Crippen molar-refractivity contribution in [3.63, 3.8) is 0 Å². The van der Waals surface area contributed by atoms with E-state index in [1.807, 2.05) is 0 Å². The van der Waals surface area contributed by atoms with E-state index in [2.05, 4.69) is 5.32 Å². The summed E-state index contributed by atoms with van der Waals surface area (Å²) in [6.07, 6.45) is 3.82. The van der Waals surface area contributed by atoms with Crippen molar-refractivity contribution >= 4 is 15.5 Å². The number of nitrogens with one attached hydrogen (secondary N) is 1. The average molecular weight is 362 g/mol. The minimum Gasteiger partial charge on any atom is -0.379 e. The van der Waals surface area contributed by atoms with Gasteiger partial charge in [-0.25, -0.2) is 8.42 Å². The van der Waals surface area contributed by atoms with Gasteiger partial charge in [-0.05, 0) is 37.6 Å². The maximum Gasteiger partial charge on any atom is 0.253 e. The summed E-state index contributed by atoms with van der Waals surface area (Å²) < 4.78 is 30.8. The number of rotatable bonds is 4. The molecule has 2 aromatic rings. The van der Waals surface area contributed by atoms with E-state index in [1.54, 1.807) is 44.4 Å². The number of aromatic nitrogens is 1. The SMILES string of the molecule is Cc1cc(-c2cc(S(C)(=O)=O)ccc2NC2CCOC2)cn(C)c1=O. The van der Waals surface area contributed by atoms with Crippen molar-refractivity contribution in [3.05, 3.63) is 46.4 Å². The van der Waals surface area contributed by atoms with Gasteiger partial charge < -0.3 is 14.6 Å². The molecule has 0 aliphatic carbocycles. The van der Waals surface area contributed by atoms with Crippen LogP contribution in [0.2, 0.25) is 0 Å². The lowest BCUT2D eigenvalue weighted by molar-refractivity contribution is 0.195. The highest BCUT2D eigenvalue weighted by atomic mass is 32.2. The van der Waals surface area contributed by atoms with Crippen LogP contribution in [0.25, 0.3) is 11.1 Å². The van der Waals surface area contributed by atoms with Crippen molar-refractivity contribution in [1.82, 2.24) is 4.57 Å². The molecule has 0 spiro atoms. The zero-order chi connectivity index (χ0) is 18.2. The Balaban J connectivity index is 2.14. The Bertz CT molecular complexity index is 931. The van der Waals surface area contributed by atoms with Crippen LogP contribution in [0.1, 0.15) is 12.0 Å². The Morgan fingerprint density at radius 1 is 1.28 bits per heavy atom. The van der Waals surface area contributed by atoms with E-state index in [1.165, 1.54) is 10.8 Å². The van der Waals surface area contributed by atoms with Crippen LogP contribution in [0.5, 0.6) is 0 Å². The highest BCUT2D eigenvalue weighted by molar-refractivity contribution is 7.90. The van der Waals surface area contributed by atoms with Crippen molar-refractivity contribution in [1.29, 1.82) is 0 Å².